The Kier molecular flexibility index (Phi) is 4.36. The number of ether oxygens (including phenoxy) is 1. The highest BCUT2D eigenvalue weighted by molar-refractivity contribution is 5.77. The summed E-state index contributed by atoms with van der Waals surface area (Å²) < 4.78 is 5.72. The van der Waals surface area contributed by atoms with Crippen molar-refractivity contribution in [3.05, 3.63) is 88.6 Å². The SMILES string of the molecule is N#Cc1ccc(Oc2cccc(-c3cnc4ccccc4n3)c2)c([N+](=O)[O-])c1. The van der Waals surface area contributed by atoms with E-state index in [-0.39, 0.29) is 17.0 Å². The molecular formula is C21H12N4O3. The number of fused-ring (bicyclic) bond motifs is 1. The van der Waals surface area contributed by atoms with Crippen LogP contribution in [0, 0.1) is 21.4 Å². The molecule has 0 N–H and O–H groups in total. The number of nitro benzene ring substituents is 1. The summed E-state index contributed by atoms with van der Waals surface area (Å²) in [6.45, 7) is 0. The number of hydrogen-bond donors (Lipinski definition) is 0. The summed E-state index contributed by atoms with van der Waals surface area (Å²) in [4.78, 5) is 19.7. The predicted octanol–water partition coefficient (Wildman–Crippen LogP) is 4.87. The van der Waals surface area contributed by atoms with Gasteiger partial charge in [0.2, 0.25) is 5.75 Å². The lowest BCUT2D eigenvalue weighted by Crippen LogP contribution is -1.95. The van der Waals surface area contributed by atoms with Gasteiger partial charge in [-0.15, -0.1) is 0 Å². The molecule has 4 rings (SSSR count). The Balaban J connectivity index is 1.69. The summed E-state index contributed by atoms with van der Waals surface area (Å²) in [6.07, 6.45) is 1.67. The van der Waals surface area contributed by atoms with Crippen LogP contribution in [0.1, 0.15) is 5.56 Å². The van der Waals surface area contributed by atoms with E-state index in [2.05, 4.69) is 9.97 Å². The predicted molar refractivity (Wildman–Crippen MR) is 103 cm³/mol. The molecule has 0 atom stereocenters. The van der Waals surface area contributed by atoms with Crippen molar-refractivity contribution in [2.24, 2.45) is 0 Å². The van der Waals surface area contributed by atoms with Crippen molar-refractivity contribution in [3.8, 4) is 28.8 Å². The molecule has 0 fully saturated rings. The molecule has 134 valence electrons. The standard InChI is InChI=1S/C21H12N4O3/c22-12-14-8-9-21(20(10-14)25(26)27)28-16-5-3-4-15(11-16)19-13-23-17-6-1-2-7-18(17)24-19/h1-11,13H. The van der Waals surface area contributed by atoms with E-state index in [1.165, 1.54) is 18.2 Å². The van der Waals surface area contributed by atoms with Gasteiger partial charge in [0, 0.05) is 11.6 Å². The lowest BCUT2D eigenvalue weighted by Gasteiger charge is -2.08. The van der Waals surface area contributed by atoms with Gasteiger partial charge in [-0.2, -0.15) is 5.26 Å². The van der Waals surface area contributed by atoms with E-state index >= 15 is 0 Å². The number of para-hydroxylation sites is 2. The molecule has 7 nitrogen and oxygen atoms in total. The summed E-state index contributed by atoms with van der Waals surface area (Å²) in [5, 5.41) is 20.2. The third-order valence-corrected chi connectivity index (χ3v) is 4.09. The van der Waals surface area contributed by atoms with E-state index in [1.54, 1.807) is 24.4 Å². The minimum absolute atomic E-state index is 0.0609. The minimum Gasteiger partial charge on any atom is -0.450 e. The molecule has 0 bridgehead atoms. The van der Waals surface area contributed by atoms with Gasteiger partial charge in [-0.3, -0.25) is 15.1 Å². The average Bonchev–Trinajstić information content (AvgIpc) is 2.73. The van der Waals surface area contributed by atoms with Crippen LogP contribution in [0.25, 0.3) is 22.3 Å². The van der Waals surface area contributed by atoms with Crippen molar-refractivity contribution >= 4 is 16.7 Å². The molecule has 0 amide bonds. The zero-order valence-electron chi connectivity index (χ0n) is 14.4. The second-order valence-corrected chi connectivity index (χ2v) is 5.93. The van der Waals surface area contributed by atoms with Gasteiger partial charge in [0.1, 0.15) is 5.75 Å². The van der Waals surface area contributed by atoms with Crippen molar-refractivity contribution in [3.63, 3.8) is 0 Å². The average molecular weight is 368 g/mol. The number of nitrogens with zero attached hydrogens (tertiary/aromatic N) is 4. The molecule has 0 aliphatic rings. The van der Waals surface area contributed by atoms with Gasteiger partial charge in [0.15, 0.2) is 0 Å². The highest BCUT2D eigenvalue weighted by Crippen LogP contribution is 2.33. The van der Waals surface area contributed by atoms with Crippen LogP contribution in [0.3, 0.4) is 0 Å². The van der Waals surface area contributed by atoms with Gasteiger partial charge in [-0.1, -0.05) is 24.3 Å². The second-order valence-electron chi connectivity index (χ2n) is 5.93. The number of rotatable bonds is 4. The van der Waals surface area contributed by atoms with Gasteiger partial charge in [0.25, 0.3) is 0 Å². The fourth-order valence-electron chi connectivity index (χ4n) is 2.76. The Morgan fingerprint density at radius 1 is 1.00 bits per heavy atom. The topological polar surface area (TPSA) is 102 Å². The van der Waals surface area contributed by atoms with E-state index in [9.17, 15) is 10.1 Å². The van der Waals surface area contributed by atoms with Crippen molar-refractivity contribution in [1.82, 2.24) is 9.97 Å². The quantitative estimate of drug-likeness (QED) is 0.376. The van der Waals surface area contributed by atoms with Gasteiger partial charge < -0.3 is 4.74 Å². The molecule has 4 aromatic rings. The fourth-order valence-corrected chi connectivity index (χ4v) is 2.76. The number of aromatic nitrogens is 2. The number of hydrogen-bond acceptors (Lipinski definition) is 6. The Morgan fingerprint density at radius 2 is 1.82 bits per heavy atom. The van der Waals surface area contributed by atoms with Crippen LogP contribution in [0.5, 0.6) is 11.5 Å². The van der Waals surface area contributed by atoms with Gasteiger partial charge in [0.05, 0.1) is 39.5 Å². The van der Waals surface area contributed by atoms with E-state index in [0.29, 0.717) is 11.4 Å². The van der Waals surface area contributed by atoms with E-state index in [0.717, 1.165) is 16.6 Å². The molecule has 0 radical (unpaired) electrons. The third-order valence-electron chi connectivity index (χ3n) is 4.09. The number of nitriles is 1. The first-order chi connectivity index (χ1) is 13.6. The Morgan fingerprint density at radius 3 is 2.61 bits per heavy atom. The molecule has 7 heteroatoms. The van der Waals surface area contributed by atoms with Crippen LogP contribution in [0.2, 0.25) is 0 Å². The maximum Gasteiger partial charge on any atom is 0.312 e. The van der Waals surface area contributed by atoms with Crippen molar-refractivity contribution < 1.29 is 9.66 Å². The molecule has 0 unspecified atom stereocenters. The zero-order chi connectivity index (χ0) is 19.5. The lowest BCUT2D eigenvalue weighted by atomic mass is 10.1. The van der Waals surface area contributed by atoms with Crippen molar-refractivity contribution in [2.45, 2.75) is 0 Å². The first kappa shape index (κ1) is 17.1. The third kappa shape index (κ3) is 3.34. The zero-order valence-corrected chi connectivity index (χ0v) is 14.4. The van der Waals surface area contributed by atoms with Crippen LogP contribution in [0.15, 0.2) is 72.9 Å². The summed E-state index contributed by atoms with van der Waals surface area (Å²) in [7, 11) is 0. The Labute approximate surface area is 159 Å². The highest BCUT2D eigenvalue weighted by Gasteiger charge is 2.17. The second kappa shape index (κ2) is 7.13. The first-order valence-corrected chi connectivity index (χ1v) is 8.33. The van der Waals surface area contributed by atoms with E-state index in [1.807, 2.05) is 36.4 Å². The molecule has 0 saturated heterocycles. The minimum atomic E-state index is -0.575. The number of nitro groups is 1. The van der Waals surface area contributed by atoms with Gasteiger partial charge >= 0.3 is 5.69 Å². The van der Waals surface area contributed by atoms with Crippen LogP contribution in [0.4, 0.5) is 5.69 Å². The lowest BCUT2D eigenvalue weighted by molar-refractivity contribution is -0.385. The molecule has 0 saturated carbocycles. The van der Waals surface area contributed by atoms with Gasteiger partial charge in [-0.05, 0) is 36.4 Å². The fraction of sp³-hybridized carbons (Fsp3) is 0. The molecule has 1 heterocycles. The van der Waals surface area contributed by atoms with E-state index < -0.39 is 4.92 Å². The summed E-state index contributed by atoms with van der Waals surface area (Å²) in [5.41, 5.74) is 2.93. The summed E-state index contributed by atoms with van der Waals surface area (Å²) in [5.74, 6) is 0.478. The van der Waals surface area contributed by atoms with E-state index in [4.69, 9.17) is 10.00 Å². The molecule has 28 heavy (non-hydrogen) atoms. The summed E-state index contributed by atoms with van der Waals surface area (Å²) in [6, 6.07) is 20.6. The normalized spacial score (nSPS) is 10.4. The largest absolute Gasteiger partial charge is 0.450 e. The van der Waals surface area contributed by atoms with Crippen LogP contribution in [-0.2, 0) is 0 Å². The molecule has 0 aliphatic heterocycles. The van der Waals surface area contributed by atoms with Crippen molar-refractivity contribution in [2.75, 3.05) is 0 Å². The maximum absolute atomic E-state index is 11.3. The van der Waals surface area contributed by atoms with Crippen LogP contribution < -0.4 is 4.74 Å². The van der Waals surface area contributed by atoms with Crippen molar-refractivity contribution in [1.29, 1.82) is 5.26 Å². The van der Waals surface area contributed by atoms with Gasteiger partial charge in [-0.25, -0.2) is 4.98 Å². The smallest absolute Gasteiger partial charge is 0.312 e. The Hall–Kier alpha value is -4.31. The Bertz CT molecular complexity index is 1250. The van der Waals surface area contributed by atoms with Crippen LogP contribution >= 0.6 is 0 Å². The first-order valence-electron chi connectivity index (χ1n) is 8.33. The molecule has 0 spiro atoms. The number of benzene rings is 3. The molecular weight excluding hydrogens is 356 g/mol. The summed E-state index contributed by atoms with van der Waals surface area (Å²) >= 11 is 0. The maximum atomic E-state index is 11.3. The molecule has 3 aromatic carbocycles. The monoisotopic (exact) mass is 368 g/mol. The molecule has 0 aliphatic carbocycles. The highest BCUT2D eigenvalue weighted by atomic mass is 16.6. The van der Waals surface area contributed by atoms with Crippen LogP contribution in [-0.4, -0.2) is 14.9 Å². The molecule has 1 aromatic heterocycles.